The summed E-state index contributed by atoms with van der Waals surface area (Å²) in [6.07, 6.45) is 0.927. The molecule has 2 rings (SSSR count). The fourth-order valence-corrected chi connectivity index (χ4v) is 3.52. The van der Waals surface area contributed by atoms with E-state index in [0.29, 0.717) is 5.56 Å². The van der Waals surface area contributed by atoms with Gasteiger partial charge in [0.05, 0.1) is 19.1 Å². The van der Waals surface area contributed by atoms with Crippen LogP contribution in [-0.2, 0) is 30.4 Å². The number of nitrogens with one attached hydrogen (secondary N) is 4. The molecule has 0 spiro atoms. The minimum Gasteiger partial charge on any atom is -0.481 e. The van der Waals surface area contributed by atoms with E-state index in [1.807, 2.05) is 12.1 Å². The van der Waals surface area contributed by atoms with Gasteiger partial charge in [0.15, 0.2) is 0 Å². The van der Waals surface area contributed by atoms with Gasteiger partial charge in [0.2, 0.25) is 17.7 Å². The van der Waals surface area contributed by atoms with Crippen LogP contribution in [0.1, 0.15) is 25.8 Å². The van der Waals surface area contributed by atoms with Gasteiger partial charge >= 0.3 is 11.9 Å². The average Bonchev–Trinajstić information content (AvgIpc) is 3.22. The van der Waals surface area contributed by atoms with Crippen LogP contribution >= 0.6 is 0 Å². The summed E-state index contributed by atoms with van der Waals surface area (Å²) in [6.45, 7) is 2.33. The monoisotopic (exact) mass is 505 g/mol. The number of fused-ring (bicyclic) bond motifs is 1. The van der Waals surface area contributed by atoms with E-state index in [0.717, 1.165) is 10.9 Å². The van der Waals surface area contributed by atoms with Crippen molar-refractivity contribution in [2.45, 2.75) is 50.9 Å². The second-order valence-corrected chi connectivity index (χ2v) is 8.64. The highest BCUT2D eigenvalue weighted by Crippen LogP contribution is 2.19. The molecule has 4 unspecified atom stereocenters. The van der Waals surface area contributed by atoms with E-state index in [-0.39, 0.29) is 6.42 Å². The minimum atomic E-state index is -1.51. The molecule has 9 N–H and O–H groups in total. The van der Waals surface area contributed by atoms with Crippen LogP contribution < -0.4 is 21.7 Å². The third-order valence-electron chi connectivity index (χ3n) is 5.51. The van der Waals surface area contributed by atoms with Crippen molar-refractivity contribution in [2.24, 2.45) is 11.7 Å². The first-order chi connectivity index (χ1) is 16.9. The van der Waals surface area contributed by atoms with E-state index in [2.05, 4.69) is 20.9 Å². The molecule has 2 aromatic rings. The van der Waals surface area contributed by atoms with E-state index in [4.69, 9.17) is 10.8 Å². The molecule has 13 heteroatoms. The molecular formula is C23H31N5O8. The number of para-hydroxylation sites is 1. The molecule has 0 aliphatic rings. The van der Waals surface area contributed by atoms with E-state index in [1.165, 1.54) is 0 Å². The Kier molecular flexibility index (Phi) is 9.93. The summed E-state index contributed by atoms with van der Waals surface area (Å²) < 4.78 is 0. The average molecular weight is 506 g/mol. The first-order valence-corrected chi connectivity index (χ1v) is 11.2. The van der Waals surface area contributed by atoms with Crippen LogP contribution in [0, 0.1) is 5.92 Å². The van der Waals surface area contributed by atoms with E-state index in [1.54, 1.807) is 32.2 Å². The molecule has 1 aromatic heterocycles. The molecule has 3 amide bonds. The van der Waals surface area contributed by atoms with Crippen LogP contribution in [0.5, 0.6) is 0 Å². The van der Waals surface area contributed by atoms with Crippen LogP contribution in [0.3, 0.4) is 0 Å². The number of aromatic nitrogens is 1. The number of hydrogen-bond acceptors (Lipinski definition) is 7. The van der Waals surface area contributed by atoms with Crippen molar-refractivity contribution in [1.29, 1.82) is 0 Å². The number of carboxylic acid groups (broad SMARTS) is 2. The van der Waals surface area contributed by atoms with Crippen molar-refractivity contribution in [1.82, 2.24) is 20.9 Å². The Morgan fingerprint density at radius 1 is 0.944 bits per heavy atom. The van der Waals surface area contributed by atoms with Gasteiger partial charge in [-0.3, -0.25) is 19.2 Å². The van der Waals surface area contributed by atoms with Crippen LogP contribution in [0.4, 0.5) is 0 Å². The number of carboxylic acids is 2. The molecule has 196 valence electrons. The van der Waals surface area contributed by atoms with Gasteiger partial charge in [-0.05, 0) is 17.5 Å². The molecule has 0 saturated carbocycles. The minimum absolute atomic E-state index is 0.0507. The number of benzene rings is 1. The number of aliphatic hydroxyl groups is 1. The van der Waals surface area contributed by atoms with Gasteiger partial charge in [-0.25, -0.2) is 4.79 Å². The Hall–Kier alpha value is -3.97. The SMILES string of the molecule is CC(C)C(NC(=O)C(CO)NC(=O)C(Cc1c[nH]c2ccccc12)NC(=O)C(N)CC(=O)O)C(=O)O. The van der Waals surface area contributed by atoms with Crippen LogP contribution in [-0.4, -0.2) is 80.7 Å². The van der Waals surface area contributed by atoms with Gasteiger partial charge in [0.25, 0.3) is 0 Å². The van der Waals surface area contributed by atoms with Gasteiger partial charge in [-0.2, -0.15) is 0 Å². The maximum absolute atomic E-state index is 13.1. The van der Waals surface area contributed by atoms with Gasteiger partial charge in [-0.15, -0.1) is 0 Å². The van der Waals surface area contributed by atoms with Crippen LogP contribution in [0.2, 0.25) is 0 Å². The van der Waals surface area contributed by atoms with Crippen molar-refractivity contribution in [3.63, 3.8) is 0 Å². The zero-order valence-corrected chi connectivity index (χ0v) is 19.9. The Balaban J connectivity index is 2.25. The molecule has 1 aromatic carbocycles. The number of rotatable bonds is 13. The number of nitrogens with two attached hydrogens (primary N) is 1. The fourth-order valence-electron chi connectivity index (χ4n) is 3.52. The van der Waals surface area contributed by atoms with E-state index in [9.17, 15) is 34.2 Å². The van der Waals surface area contributed by atoms with Crippen molar-refractivity contribution in [3.8, 4) is 0 Å². The summed E-state index contributed by atoms with van der Waals surface area (Å²) in [5, 5.41) is 35.7. The number of hydrogen-bond donors (Lipinski definition) is 8. The van der Waals surface area contributed by atoms with Gasteiger partial charge < -0.3 is 42.0 Å². The number of carbonyl (C=O) groups is 5. The Bertz CT molecular complexity index is 1110. The molecule has 0 radical (unpaired) electrons. The summed E-state index contributed by atoms with van der Waals surface area (Å²) in [4.78, 5) is 63.5. The zero-order valence-electron chi connectivity index (χ0n) is 19.9. The molecule has 0 bridgehead atoms. The standard InChI is InChI=1S/C23H31N5O8/c1-11(2)19(23(35)36)28-22(34)17(10-29)27-21(33)16(26-20(32)14(24)8-18(30)31)7-12-9-25-15-6-4-3-5-13(12)15/h3-6,9,11,14,16-17,19,25,29H,7-8,10,24H2,1-2H3,(H,26,32)(H,27,33)(H,28,34)(H,30,31)(H,35,36). The maximum Gasteiger partial charge on any atom is 0.326 e. The number of H-pyrrole nitrogens is 1. The number of aliphatic carboxylic acids is 2. The Labute approximate surface area is 206 Å². The van der Waals surface area contributed by atoms with E-state index < -0.39 is 72.8 Å². The largest absolute Gasteiger partial charge is 0.481 e. The molecule has 13 nitrogen and oxygen atoms in total. The van der Waals surface area contributed by atoms with Crippen molar-refractivity contribution >= 4 is 40.6 Å². The van der Waals surface area contributed by atoms with Crippen molar-refractivity contribution < 1.29 is 39.3 Å². The van der Waals surface area contributed by atoms with Crippen molar-refractivity contribution in [2.75, 3.05) is 6.61 Å². The number of amides is 3. The predicted molar refractivity (Wildman–Crippen MR) is 128 cm³/mol. The Morgan fingerprint density at radius 3 is 2.14 bits per heavy atom. The zero-order chi connectivity index (χ0) is 27.0. The van der Waals surface area contributed by atoms with Crippen LogP contribution in [0.25, 0.3) is 10.9 Å². The Morgan fingerprint density at radius 2 is 1.56 bits per heavy atom. The highest BCUT2D eigenvalue weighted by atomic mass is 16.4. The lowest BCUT2D eigenvalue weighted by atomic mass is 10.0. The second kappa shape index (κ2) is 12.7. The third-order valence-corrected chi connectivity index (χ3v) is 5.51. The summed E-state index contributed by atoms with van der Waals surface area (Å²) in [5.41, 5.74) is 7.05. The molecule has 1 heterocycles. The number of aromatic amines is 1. The molecule has 0 saturated heterocycles. The van der Waals surface area contributed by atoms with Crippen molar-refractivity contribution in [3.05, 3.63) is 36.0 Å². The molecule has 0 aliphatic carbocycles. The fraction of sp³-hybridized carbons (Fsp3) is 0.435. The third kappa shape index (κ3) is 7.52. The topological polar surface area (TPSA) is 224 Å². The normalized spacial score (nSPS) is 14.5. The lowest BCUT2D eigenvalue weighted by Crippen LogP contribution is -2.59. The maximum atomic E-state index is 13.1. The smallest absolute Gasteiger partial charge is 0.326 e. The highest BCUT2D eigenvalue weighted by Gasteiger charge is 2.31. The molecular weight excluding hydrogens is 474 g/mol. The van der Waals surface area contributed by atoms with Gasteiger partial charge in [0.1, 0.15) is 18.1 Å². The van der Waals surface area contributed by atoms with Crippen LogP contribution in [0.15, 0.2) is 30.5 Å². The van der Waals surface area contributed by atoms with Gasteiger partial charge in [0, 0.05) is 23.5 Å². The number of carbonyl (C=O) groups excluding carboxylic acids is 3. The molecule has 0 aliphatic heterocycles. The first-order valence-electron chi connectivity index (χ1n) is 11.2. The summed E-state index contributed by atoms with van der Waals surface area (Å²) in [5.74, 6) is -5.73. The quantitative estimate of drug-likeness (QED) is 0.162. The lowest BCUT2D eigenvalue weighted by molar-refractivity contribution is -0.143. The lowest BCUT2D eigenvalue weighted by Gasteiger charge is -2.25. The highest BCUT2D eigenvalue weighted by molar-refractivity contribution is 5.95. The van der Waals surface area contributed by atoms with E-state index >= 15 is 0 Å². The predicted octanol–water partition coefficient (Wildman–Crippen LogP) is -1.30. The molecule has 36 heavy (non-hydrogen) atoms. The summed E-state index contributed by atoms with van der Waals surface area (Å²) in [6, 6.07) is 1.73. The summed E-state index contributed by atoms with van der Waals surface area (Å²) >= 11 is 0. The number of aliphatic hydroxyl groups excluding tert-OH is 1. The molecule has 4 atom stereocenters. The first kappa shape index (κ1) is 28.3. The summed E-state index contributed by atoms with van der Waals surface area (Å²) in [7, 11) is 0. The van der Waals surface area contributed by atoms with Gasteiger partial charge in [-0.1, -0.05) is 32.0 Å². The second-order valence-electron chi connectivity index (χ2n) is 8.64. The molecule has 0 fully saturated rings.